The van der Waals surface area contributed by atoms with Crippen LogP contribution in [0.5, 0.6) is 0 Å². The van der Waals surface area contributed by atoms with Gasteiger partial charge in [0.2, 0.25) is 0 Å². The zero-order chi connectivity index (χ0) is 14.0. The topological polar surface area (TPSA) is 88.4 Å². The molecule has 0 aliphatic heterocycles. The minimum Gasteiger partial charge on any atom is -0.481 e. The molecular formula is C13H16N2O4. The number of aromatic nitrogens is 1. The normalized spacial score (nSPS) is 15.8. The molecule has 0 radical (unpaired) electrons. The molecule has 1 saturated carbocycles. The number of carboxylic acids is 1. The lowest BCUT2D eigenvalue weighted by Gasteiger charge is -2.16. The first kappa shape index (κ1) is 13.3. The van der Waals surface area contributed by atoms with Crippen molar-refractivity contribution in [2.24, 2.45) is 13.0 Å². The number of aliphatic carboxylic acids is 1. The van der Waals surface area contributed by atoms with E-state index in [4.69, 9.17) is 5.11 Å². The Morgan fingerprint density at radius 1 is 1.53 bits per heavy atom. The van der Waals surface area contributed by atoms with E-state index in [1.165, 1.54) is 16.8 Å². The highest BCUT2D eigenvalue weighted by Crippen LogP contribution is 2.34. The van der Waals surface area contributed by atoms with Gasteiger partial charge in [-0.3, -0.25) is 14.4 Å². The van der Waals surface area contributed by atoms with E-state index in [2.05, 4.69) is 5.32 Å². The van der Waals surface area contributed by atoms with Crippen molar-refractivity contribution >= 4 is 11.9 Å². The molecule has 1 aliphatic carbocycles. The molecule has 1 atom stereocenters. The SMILES string of the molecule is Cn1ccc(C(=O)NC(CC(=O)O)C2CC2)cc1=O. The van der Waals surface area contributed by atoms with E-state index >= 15 is 0 Å². The summed E-state index contributed by atoms with van der Waals surface area (Å²) in [5, 5.41) is 11.5. The highest BCUT2D eigenvalue weighted by atomic mass is 16.4. The highest BCUT2D eigenvalue weighted by Gasteiger charge is 2.33. The maximum Gasteiger partial charge on any atom is 0.305 e. The standard InChI is InChI=1S/C13H16N2O4/c1-15-5-4-9(6-11(15)16)13(19)14-10(7-12(17)18)8-2-3-8/h4-6,8,10H,2-3,7H2,1H3,(H,14,19)(H,17,18). The summed E-state index contributed by atoms with van der Waals surface area (Å²) < 4.78 is 1.37. The van der Waals surface area contributed by atoms with Crippen molar-refractivity contribution in [1.29, 1.82) is 0 Å². The average Bonchev–Trinajstić information content (AvgIpc) is 3.15. The third-order valence-electron chi connectivity index (χ3n) is 3.27. The van der Waals surface area contributed by atoms with Crippen molar-refractivity contribution in [1.82, 2.24) is 9.88 Å². The summed E-state index contributed by atoms with van der Waals surface area (Å²) >= 11 is 0. The van der Waals surface area contributed by atoms with Crippen LogP contribution in [0, 0.1) is 5.92 Å². The van der Waals surface area contributed by atoms with E-state index in [9.17, 15) is 14.4 Å². The van der Waals surface area contributed by atoms with Gasteiger partial charge in [0.15, 0.2) is 0 Å². The van der Waals surface area contributed by atoms with Crippen LogP contribution in [-0.4, -0.2) is 27.6 Å². The quantitative estimate of drug-likeness (QED) is 0.804. The first-order valence-corrected chi connectivity index (χ1v) is 6.16. The molecule has 0 aromatic carbocycles. The number of amides is 1. The van der Waals surface area contributed by atoms with E-state index in [-0.39, 0.29) is 29.5 Å². The third kappa shape index (κ3) is 3.43. The Bertz CT molecular complexity index is 560. The Hall–Kier alpha value is -2.11. The molecule has 6 nitrogen and oxygen atoms in total. The van der Waals surface area contributed by atoms with Crippen LogP contribution in [0.1, 0.15) is 29.6 Å². The van der Waals surface area contributed by atoms with Gasteiger partial charge in [0.05, 0.1) is 6.42 Å². The molecule has 1 unspecified atom stereocenters. The van der Waals surface area contributed by atoms with Crippen molar-refractivity contribution in [2.75, 3.05) is 0 Å². The molecule has 0 bridgehead atoms. The second-order valence-corrected chi connectivity index (χ2v) is 4.88. The van der Waals surface area contributed by atoms with Gasteiger partial charge in [-0.15, -0.1) is 0 Å². The van der Waals surface area contributed by atoms with Crippen LogP contribution >= 0.6 is 0 Å². The van der Waals surface area contributed by atoms with Crippen molar-refractivity contribution in [3.8, 4) is 0 Å². The van der Waals surface area contributed by atoms with Gasteiger partial charge in [-0.05, 0) is 24.8 Å². The molecule has 1 aromatic rings. The largest absolute Gasteiger partial charge is 0.481 e. The third-order valence-corrected chi connectivity index (χ3v) is 3.27. The first-order chi connectivity index (χ1) is 8.97. The minimum atomic E-state index is -0.929. The van der Waals surface area contributed by atoms with Crippen LogP contribution in [0.3, 0.4) is 0 Å². The van der Waals surface area contributed by atoms with Gasteiger partial charge in [0, 0.05) is 30.9 Å². The maximum absolute atomic E-state index is 12.0. The summed E-state index contributed by atoms with van der Waals surface area (Å²) in [6.45, 7) is 0. The lowest BCUT2D eigenvalue weighted by Crippen LogP contribution is -2.38. The van der Waals surface area contributed by atoms with E-state index < -0.39 is 11.9 Å². The lowest BCUT2D eigenvalue weighted by molar-refractivity contribution is -0.137. The number of carbonyl (C=O) groups excluding carboxylic acids is 1. The van der Waals surface area contributed by atoms with Gasteiger partial charge >= 0.3 is 5.97 Å². The second-order valence-electron chi connectivity index (χ2n) is 4.88. The molecule has 19 heavy (non-hydrogen) atoms. The number of hydrogen-bond acceptors (Lipinski definition) is 3. The zero-order valence-electron chi connectivity index (χ0n) is 10.6. The Labute approximate surface area is 110 Å². The predicted molar refractivity (Wildman–Crippen MR) is 67.9 cm³/mol. The fraction of sp³-hybridized carbons (Fsp3) is 0.462. The van der Waals surface area contributed by atoms with Crippen LogP contribution in [0.4, 0.5) is 0 Å². The van der Waals surface area contributed by atoms with Gasteiger partial charge in [0.1, 0.15) is 0 Å². The van der Waals surface area contributed by atoms with E-state index in [0.717, 1.165) is 12.8 Å². The number of nitrogens with one attached hydrogen (secondary N) is 1. The Morgan fingerprint density at radius 2 is 2.21 bits per heavy atom. The van der Waals surface area contributed by atoms with Crippen molar-refractivity contribution in [2.45, 2.75) is 25.3 Å². The van der Waals surface area contributed by atoms with Crippen LogP contribution in [-0.2, 0) is 11.8 Å². The molecule has 1 aliphatic rings. The predicted octanol–water partition coefficient (Wildman–Crippen LogP) is 0.368. The minimum absolute atomic E-state index is 0.0821. The highest BCUT2D eigenvalue weighted by molar-refractivity contribution is 5.94. The zero-order valence-corrected chi connectivity index (χ0v) is 10.6. The fourth-order valence-electron chi connectivity index (χ4n) is 1.96. The number of rotatable bonds is 5. The van der Waals surface area contributed by atoms with Crippen LogP contribution < -0.4 is 10.9 Å². The van der Waals surface area contributed by atoms with Gasteiger partial charge in [-0.2, -0.15) is 0 Å². The molecule has 2 N–H and O–H groups in total. The number of pyridine rings is 1. The van der Waals surface area contributed by atoms with Crippen LogP contribution in [0.25, 0.3) is 0 Å². The van der Waals surface area contributed by atoms with Gasteiger partial charge in [-0.1, -0.05) is 0 Å². The molecule has 2 rings (SSSR count). The molecule has 1 amide bonds. The van der Waals surface area contributed by atoms with E-state index in [0.29, 0.717) is 0 Å². The molecule has 1 heterocycles. The molecule has 6 heteroatoms. The number of carboxylic acid groups (broad SMARTS) is 1. The van der Waals surface area contributed by atoms with Crippen LogP contribution in [0.2, 0.25) is 0 Å². The van der Waals surface area contributed by atoms with Crippen molar-refractivity contribution in [3.05, 3.63) is 34.2 Å². The lowest BCUT2D eigenvalue weighted by atomic mass is 10.1. The summed E-state index contributed by atoms with van der Waals surface area (Å²) in [6, 6.07) is 2.44. The maximum atomic E-state index is 12.0. The van der Waals surface area contributed by atoms with Gasteiger partial charge in [-0.25, -0.2) is 0 Å². The summed E-state index contributed by atoms with van der Waals surface area (Å²) in [4.78, 5) is 34.2. The molecule has 102 valence electrons. The van der Waals surface area contributed by atoms with Gasteiger partial charge < -0.3 is 15.0 Å². The Balaban J connectivity index is 2.08. The molecule has 0 spiro atoms. The summed E-state index contributed by atoms with van der Waals surface area (Å²) in [6.07, 6.45) is 3.31. The van der Waals surface area contributed by atoms with Crippen molar-refractivity contribution in [3.63, 3.8) is 0 Å². The summed E-state index contributed by atoms with van der Waals surface area (Å²) in [5.41, 5.74) is -0.00649. The second kappa shape index (κ2) is 5.26. The number of aryl methyl sites for hydroxylation is 1. The number of carbonyl (C=O) groups is 2. The molecule has 0 saturated heterocycles. The first-order valence-electron chi connectivity index (χ1n) is 6.16. The van der Waals surface area contributed by atoms with E-state index in [1.54, 1.807) is 13.1 Å². The number of hydrogen-bond donors (Lipinski definition) is 2. The Morgan fingerprint density at radius 3 is 2.74 bits per heavy atom. The summed E-state index contributed by atoms with van der Waals surface area (Å²) in [7, 11) is 1.60. The monoisotopic (exact) mass is 264 g/mol. The Kier molecular flexibility index (Phi) is 3.69. The van der Waals surface area contributed by atoms with Crippen LogP contribution in [0.15, 0.2) is 23.1 Å². The van der Waals surface area contributed by atoms with E-state index in [1.807, 2.05) is 0 Å². The summed E-state index contributed by atoms with van der Waals surface area (Å²) in [5.74, 6) is -1.08. The van der Waals surface area contributed by atoms with Gasteiger partial charge in [0.25, 0.3) is 11.5 Å². The smallest absolute Gasteiger partial charge is 0.305 e. The number of nitrogens with zero attached hydrogens (tertiary/aromatic N) is 1. The fourth-order valence-corrected chi connectivity index (χ4v) is 1.96. The average molecular weight is 264 g/mol. The van der Waals surface area contributed by atoms with Crippen molar-refractivity contribution < 1.29 is 14.7 Å². The molecule has 1 aromatic heterocycles. The molecular weight excluding hydrogens is 248 g/mol. The molecule has 1 fully saturated rings.